The monoisotopic (exact) mass is 380 g/mol. The average Bonchev–Trinajstić information content (AvgIpc) is 3.42. The Morgan fingerprint density at radius 1 is 1.14 bits per heavy atom. The second-order valence-corrected chi connectivity index (χ2v) is 7.43. The molecule has 6 nitrogen and oxygen atoms in total. The quantitative estimate of drug-likeness (QED) is 0.859. The van der Waals surface area contributed by atoms with Crippen molar-refractivity contribution in [1.82, 2.24) is 10.6 Å². The SMILES string of the molecule is CN1C(=O)C(NC(=O)NC2(C)CC2)N=C(c2ccccc2F)c2ccccc21. The fraction of sp³-hybridized carbons (Fsp3) is 0.286. The summed E-state index contributed by atoms with van der Waals surface area (Å²) in [6.07, 6.45) is 0.636. The summed E-state index contributed by atoms with van der Waals surface area (Å²) < 4.78 is 14.5. The zero-order valence-electron chi connectivity index (χ0n) is 15.7. The van der Waals surface area contributed by atoms with Crippen LogP contribution >= 0.6 is 0 Å². The summed E-state index contributed by atoms with van der Waals surface area (Å²) in [6.45, 7) is 1.94. The molecule has 2 aromatic rings. The van der Waals surface area contributed by atoms with E-state index in [4.69, 9.17) is 0 Å². The topological polar surface area (TPSA) is 73.8 Å². The van der Waals surface area contributed by atoms with Gasteiger partial charge in [0.1, 0.15) is 5.82 Å². The second-order valence-electron chi connectivity index (χ2n) is 7.43. The highest BCUT2D eigenvalue weighted by atomic mass is 19.1. The molecule has 1 unspecified atom stereocenters. The number of nitrogens with one attached hydrogen (secondary N) is 2. The number of carbonyl (C=O) groups is 2. The zero-order valence-corrected chi connectivity index (χ0v) is 15.7. The number of carbonyl (C=O) groups excluding carboxylic acids is 2. The van der Waals surface area contributed by atoms with E-state index in [1.54, 1.807) is 43.4 Å². The van der Waals surface area contributed by atoms with Crippen LogP contribution < -0.4 is 15.5 Å². The molecule has 28 heavy (non-hydrogen) atoms. The third kappa shape index (κ3) is 3.35. The smallest absolute Gasteiger partial charge is 0.317 e. The van der Waals surface area contributed by atoms with Gasteiger partial charge in [-0.15, -0.1) is 0 Å². The largest absolute Gasteiger partial charge is 0.333 e. The van der Waals surface area contributed by atoms with Gasteiger partial charge in [-0.05, 0) is 38.0 Å². The minimum Gasteiger partial charge on any atom is -0.333 e. The molecular formula is C21H21FN4O2. The van der Waals surface area contributed by atoms with Crippen molar-refractivity contribution in [1.29, 1.82) is 0 Å². The van der Waals surface area contributed by atoms with Gasteiger partial charge in [-0.25, -0.2) is 14.2 Å². The molecule has 0 aromatic heterocycles. The number of hydrogen-bond acceptors (Lipinski definition) is 3. The van der Waals surface area contributed by atoms with E-state index in [9.17, 15) is 14.0 Å². The van der Waals surface area contributed by atoms with Gasteiger partial charge in [0.2, 0.25) is 6.17 Å². The number of benzene rings is 2. The lowest BCUT2D eigenvalue weighted by Gasteiger charge is -2.21. The van der Waals surface area contributed by atoms with Crippen LogP contribution in [0.4, 0.5) is 14.9 Å². The number of halogens is 1. The number of amides is 3. The molecule has 2 aromatic carbocycles. The molecule has 1 aliphatic carbocycles. The molecule has 144 valence electrons. The standard InChI is InChI=1S/C21H21FN4O2/c1-21(11-12-21)25-20(28)24-18-19(27)26(2)16-10-6-4-8-14(16)17(23-18)13-7-3-5-9-15(13)22/h3-10,18H,11-12H2,1-2H3,(H2,24,25,28). The maximum Gasteiger partial charge on any atom is 0.317 e. The van der Waals surface area contributed by atoms with Crippen molar-refractivity contribution in [3.8, 4) is 0 Å². The molecule has 1 atom stereocenters. The molecular weight excluding hydrogens is 359 g/mol. The van der Waals surface area contributed by atoms with Crippen LogP contribution in [0.1, 0.15) is 30.9 Å². The van der Waals surface area contributed by atoms with E-state index in [2.05, 4.69) is 15.6 Å². The predicted octanol–water partition coefficient (Wildman–Crippen LogP) is 2.82. The molecule has 1 saturated carbocycles. The first kappa shape index (κ1) is 18.2. The minimum absolute atomic E-state index is 0.231. The van der Waals surface area contributed by atoms with Crippen LogP contribution in [0.5, 0.6) is 0 Å². The Balaban J connectivity index is 1.77. The highest BCUT2D eigenvalue weighted by molar-refractivity contribution is 6.20. The minimum atomic E-state index is -1.16. The average molecular weight is 380 g/mol. The summed E-state index contributed by atoms with van der Waals surface area (Å²) in [4.78, 5) is 31.3. The van der Waals surface area contributed by atoms with Crippen LogP contribution in [0.25, 0.3) is 0 Å². The summed E-state index contributed by atoms with van der Waals surface area (Å²) in [6, 6.07) is 13.0. The molecule has 2 aliphatic rings. The Morgan fingerprint density at radius 2 is 1.79 bits per heavy atom. The first-order valence-electron chi connectivity index (χ1n) is 9.16. The lowest BCUT2D eigenvalue weighted by atomic mass is 10.00. The normalized spacial score (nSPS) is 20.0. The summed E-state index contributed by atoms with van der Waals surface area (Å²) in [5, 5.41) is 5.49. The Labute approximate surface area is 162 Å². The lowest BCUT2D eigenvalue weighted by Crippen LogP contribution is -2.51. The Hall–Kier alpha value is -3.22. The van der Waals surface area contributed by atoms with Gasteiger partial charge in [-0.2, -0.15) is 0 Å². The van der Waals surface area contributed by atoms with Crippen LogP contribution in [0.2, 0.25) is 0 Å². The van der Waals surface area contributed by atoms with Crippen molar-refractivity contribution in [2.45, 2.75) is 31.5 Å². The number of rotatable bonds is 3. The van der Waals surface area contributed by atoms with Crippen LogP contribution in [0.3, 0.4) is 0 Å². The Morgan fingerprint density at radius 3 is 2.46 bits per heavy atom. The molecule has 3 amide bonds. The molecule has 2 N–H and O–H groups in total. The highest BCUT2D eigenvalue weighted by Gasteiger charge is 2.40. The summed E-state index contributed by atoms with van der Waals surface area (Å²) >= 11 is 0. The van der Waals surface area contributed by atoms with Crippen molar-refractivity contribution in [2.75, 3.05) is 11.9 Å². The predicted molar refractivity (Wildman–Crippen MR) is 105 cm³/mol. The van der Waals surface area contributed by atoms with Gasteiger partial charge in [0.25, 0.3) is 5.91 Å². The maximum atomic E-state index is 14.5. The van der Waals surface area contributed by atoms with E-state index in [1.807, 2.05) is 13.0 Å². The number of likely N-dealkylation sites (N-methyl/N-ethyl adjacent to an activating group) is 1. The molecule has 0 saturated heterocycles. The third-order valence-corrected chi connectivity index (χ3v) is 5.16. The number of aliphatic imine (C=N–C) groups is 1. The van der Waals surface area contributed by atoms with E-state index in [0.29, 0.717) is 17.0 Å². The Bertz CT molecular complexity index is 984. The van der Waals surface area contributed by atoms with Crippen molar-refractivity contribution < 1.29 is 14.0 Å². The van der Waals surface area contributed by atoms with E-state index in [1.165, 1.54) is 11.0 Å². The second kappa shape index (κ2) is 6.74. The molecule has 7 heteroatoms. The van der Waals surface area contributed by atoms with E-state index in [0.717, 1.165) is 12.8 Å². The van der Waals surface area contributed by atoms with Crippen molar-refractivity contribution in [3.05, 3.63) is 65.5 Å². The zero-order chi connectivity index (χ0) is 19.9. The number of urea groups is 1. The third-order valence-electron chi connectivity index (χ3n) is 5.16. The van der Waals surface area contributed by atoms with Gasteiger partial charge in [-0.3, -0.25) is 4.79 Å². The molecule has 0 spiro atoms. The fourth-order valence-corrected chi connectivity index (χ4v) is 3.23. The number of nitrogens with zero attached hydrogens (tertiary/aromatic N) is 2. The molecule has 0 bridgehead atoms. The lowest BCUT2D eigenvalue weighted by molar-refractivity contribution is -0.119. The van der Waals surface area contributed by atoms with Gasteiger partial charge in [0.05, 0.1) is 11.4 Å². The number of para-hydroxylation sites is 1. The number of fused-ring (bicyclic) bond motifs is 1. The molecule has 4 rings (SSSR count). The van der Waals surface area contributed by atoms with Crippen molar-refractivity contribution in [3.63, 3.8) is 0 Å². The maximum absolute atomic E-state index is 14.5. The van der Waals surface area contributed by atoms with E-state index < -0.39 is 23.9 Å². The van der Waals surface area contributed by atoms with Crippen LogP contribution in [0.15, 0.2) is 53.5 Å². The van der Waals surface area contributed by atoms with Crippen molar-refractivity contribution >= 4 is 23.3 Å². The fourth-order valence-electron chi connectivity index (χ4n) is 3.23. The van der Waals surface area contributed by atoms with Gasteiger partial charge in [0.15, 0.2) is 0 Å². The molecule has 1 aliphatic heterocycles. The number of anilines is 1. The Kier molecular flexibility index (Phi) is 4.37. The number of hydrogen-bond donors (Lipinski definition) is 2. The van der Waals surface area contributed by atoms with Crippen molar-refractivity contribution in [2.24, 2.45) is 4.99 Å². The van der Waals surface area contributed by atoms with Gasteiger partial charge in [0, 0.05) is 23.7 Å². The summed E-state index contributed by atoms with van der Waals surface area (Å²) in [5.74, 6) is -0.836. The molecule has 1 fully saturated rings. The van der Waals surface area contributed by atoms with Crippen LogP contribution in [-0.2, 0) is 4.79 Å². The van der Waals surface area contributed by atoms with E-state index in [-0.39, 0.29) is 11.1 Å². The van der Waals surface area contributed by atoms with Gasteiger partial charge in [-0.1, -0.05) is 30.3 Å². The highest BCUT2D eigenvalue weighted by Crippen LogP contribution is 2.34. The summed E-state index contributed by atoms with van der Waals surface area (Å²) in [7, 11) is 1.62. The molecule has 1 heterocycles. The first-order valence-corrected chi connectivity index (χ1v) is 9.16. The molecule has 0 radical (unpaired) electrons. The van der Waals surface area contributed by atoms with E-state index >= 15 is 0 Å². The van der Waals surface area contributed by atoms with Gasteiger partial charge < -0.3 is 15.5 Å². The van der Waals surface area contributed by atoms with Crippen LogP contribution in [0, 0.1) is 5.82 Å². The summed E-state index contributed by atoms with van der Waals surface area (Å²) in [5.41, 5.74) is 1.61. The van der Waals surface area contributed by atoms with Gasteiger partial charge >= 0.3 is 6.03 Å². The number of benzodiazepines with no additional fused rings is 1. The first-order chi connectivity index (χ1) is 13.4. The van der Waals surface area contributed by atoms with Crippen LogP contribution in [-0.4, -0.2) is 36.4 Å².